The van der Waals surface area contributed by atoms with Crippen LogP contribution < -0.4 is 10.4 Å². The molecule has 0 aromatic heterocycles. The zero-order chi connectivity index (χ0) is 17.9. The molecule has 0 spiro atoms. The number of hydrogen-bond donors (Lipinski definition) is 1. The largest absolute Gasteiger partial charge is 0.407 e. The second kappa shape index (κ2) is 7.44. The second-order valence-electron chi connectivity index (χ2n) is 8.23. The van der Waals surface area contributed by atoms with E-state index in [1.807, 2.05) is 0 Å². The van der Waals surface area contributed by atoms with Crippen molar-refractivity contribution in [1.82, 2.24) is 0 Å². The van der Waals surface area contributed by atoms with Crippen LogP contribution in [0.3, 0.4) is 0 Å². The maximum absolute atomic E-state index is 10.3. The molecule has 0 radical (unpaired) electrons. The molecule has 0 aliphatic heterocycles. The molecule has 1 saturated carbocycles. The normalized spacial score (nSPS) is 21.4. The number of aliphatic hydroxyl groups is 1. The van der Waals surface area contributed by atoms with Crippen molar-refractivity contribution in [2.45, 2.75) is 51.2 Å². The summed E-state index contributed by atoms with van der Waals surface area (Å²) in [5, 5.41) is 12.9. The second-order valence-corrected chi connectivity index (χ2v) is 12.5. The maximum Gasteiger partial charge on any atom is 0.261 e. The summed E-state index contributed by atoms with van der Waals surface area (Å²) in [6.07, 6.45) is 2.88. The third kappa shape index (κ3) is 3.59. The quantitative estimate of drug-likeness (QED) is 0.829. The highest BCUT2D eigenvalue weighted by Gasteiger charge is 2.50. The molecule has 1 fully saturated rings. The topological polar surface area (TPSA) is 29.5 Å². The molecule has 134 valence electrons. The maximum atomic E-state index is 10.3. The summed E-state index contributed by atoms with van der Waals surface area (Å²) in [6.45, 7) is 7.54. The predicted molar refractivity (Wildman–Crippen MR) is 107 cm³/mol. The Kier molecular flexibility index (Phi) is 5.47. The average Bonchev–Trinajstić information content (AvgIpc) is 3.01. The van der Waals surface area contributed by atoms with Gasteiger partial charge < -0.3 is 9.53 Å². The fourth-order valence-electron chi connectivity index (χ4n) is 4.21. The van der Waals surface area contributed by atoms with Crippen molar-refractivity contribution in [3.63, 3.8) is 0 Å². The first-order chi connectivity index (χ1) is 11.9. The van der Waals surface area contributed by atoms with Gasteiger partial charge in [-0.2, -0.15) is 0 Å². The smallest absolute Gasteiger partial charge is 0.261 e. The molecule has 0 bridgehead atoms. The summed E-state index contributed by atoms with van der Waals surface area (Å²) in [6, 6.07) is 21.4. The fraction of sp³-hybridized carbons (Fsp3) is 0.455. The first-order valence-corrected chi connectivity index (χ1v) is 11.3. The average molecular weight is 355 g/mol. The molecule has 0 unspecified atom stereocenters. The molecule has 25 heavy (non-hydrogen) atoms. The van der Waals surface area contributed by atoms with E-state index in [4.69, 9.17) is 4.43 Å². The third-order valence-electron chi connectivity index (χ3n) is 5.55. The molecule has 1 N–H and O–H groups in total. The van der Waals surface area contributed by atoms with Gasteiger partial charge in [-0.05, 0) is 28.3 Å². The molecule has 0 amide bonds. The van der Waals surface area contributed by atoms with Gasteiger partial charge in [-0.15, -0.1) is 0 Å². The van der Waals surface area contributed by atoms with Gasteiger partial charge in [0.25, 0.3) is 8.32 Å². The fourth-order valence-corrected chi connectivity index (χ4v) is 8.82. The first kappa shape index (κ1) is 18.4. The zero-order valence-electron chi connectivity index (χ0n) is 15.6. The van der Waals surface area contributed by atoms with E-state index < -0.39 is 8.32 Å². The molecular weight excluding hydrogens is 324 g/mol. The van der Waals surface area contributed by atoms with Crippen LogP contribution in [-0.2, 0) is 4.43 Å². The minimum Gasteiger partial charge on any atom is -0.407 e. The van der Waals surface area contributed by atoms with E-state index in [0.717, 1.165) is 19.3 Å². The number of hydrogen-bond acceptors (Lipinski definition) is 2. The Labute approximate surface area is 153 Å². The van der Waals surface area contributed by atoms with Crippen LogP contribution >= 0.6 is 0 Å². The first-order valence-electron chi connectivity index (χ1n) is 9.38. The van der Waals surface area contributed by atoms with Crippen LogP contribution in [0.4, 0.5) is 0 Å². The van der Waals surface area contributed by atoms with E-state index in [1.165, 1.54) is 10.4 Å². The minimum atomic E-state index is -2.46. The van der Waals surface area contributed by atoms with E-state index in [0.29, 0.717) is 6.61 Å². The van der Waals surface area contributed by atoms with Crippen molar-refractivity contribution in [3.05, 3.63) is 60.7 Å². The molecule has 1 aliphatic rings. The van der Waals surface area contributed by atoms with Gasteiger partial charge in [-0.25, -0.2) is 0 Å². The van der Waals surface area contributed by atoms with Crippen LogP contribution in [0.1, 0.15) is 40.0 Å². The lowest BCUT2D eigenvalue weighted by Gasteiger charge is -2.43. The van der Waals surface area contributed by atoms with E-state index in [-0.39, 0.29) is 17.1 Å². The molecule has 0 saturated heterocycles. The molecular formula is C22H30O2Si. The van der Waals surface area contributed by atoms with Gasteiger partial charge in [-0.3, -0.25) is 0 Å². The van der Waals surface area contributed by atoms with Crippen LogP contribution in [0, 0.1) is 5.92 Å². The van der Waals surface area contributed by atoms with Crippen molar-refractivity contribution < 1.29 is 9.53 Å². The zero-order valence-corrected chi connectivity index (χ0v) is 16.6. The van der Waals surface area contributed by atoms with Gasteiger partial charge in [0, 0.05) is 12.5 Å². The lowest BCUT2D eigenvalue weighted by atomic mass is 10.1. The van der Waals surface area contributed by atoms with Crippen molar-refractivity contribution in [2.75, 3.05) is 6.61 Å². The molecule has 2 aromatic carbocycles. The van der Waals surface area contributed by atoms with Crippen LogP contribution in [-0.4, -0.2) is 26.1 Å². The van der Waals surface area contributed by atoms with Crippen molar-refractivity contribution >= 4 is 18.7 Å². The summed E-state index contributed by atoms with van der Waals surface area (Å²) in [5.41, 5.74) is 0. The van der Waals surface area contributed by atoms with Crippen molar-refractivity contribution in [1.29, 1.82) is 0 Å². The van der Waals surface area contributed by atoms with Crippen molar-refractivity contribution in [3.8, 4) is 0 Å². The van der Waals surface area contributed by atoms with Crippen LogP contribution in [0.15, 0.2) is 60.7 Å². The van der Waals surface area contributed by atoms with Gasteiger partial charge in [0.15, 0.2) is 0 Å². The van der Waals surface area contributed by atoms with Crippen LogP contribution in [0.2, 0.25) is 5.04 Å². The third-order valence-corrected chi connectivity index (χ3v) is 10.6. The Bertz CT molecular complexity index is 624. The summed E-state index contributed by atoms with van der Waals surface area (Å²) < 4.78 is 6.90. The van der Waals surface area contributed by atoms with Gasteiger partial charge in [0.05, 0.1) is 6.10 Å². The molecule has 2 nitrogen and oxygen atoms in total. The predicted octanol–water partition coefficient (Wildman–Crippen LogP) is 3.72. The Morgan fingerprint density at radius 2 is 1.44 bits per heavy atom. The van der Waals surface area contributed by atoms with E-state index >= 15 is 0 Å². The SMILES string of the molecule is CC(C)(C)[Si](OC[C@@H]1CCC[C@H]1O)(c1ccccc1)c1ccccc1. The highest BCUT2D eigenvalue weighted by Crippen LogP contribution is 2.38. The summed E-state index contributed by atoms with van der Waals surface area (Å²) in [7, 11) is -2.46. The Balaban J connectivity index is 2.05. The van der Waals surface area contributed by atoms with Crippen LogP contribution in [0.25, 0.3) is 0 Å². The highest BCUT2D eigenvalue weighted by molar-refractivity contribution is 6.99. The molecule has 3 heteroatoms. The van der Waals surface area contributed by atoms with Crippen molar-refractivity contribution in [2.24, 2.45) is 5.92 Å². The monoisotopic (exact) mass is 354 g/mol. The molecule has 2 atom stereocenters. The number of aliphatic hydroxyl groups excluding tert-OH is 1. The Morgan fingerprint density at radius 1 is 0.920 bits per heavy atom. The molecule has 0 heterocycles. The lowest BCUT2D eigenvalue weighted by molar-refractivity contribution is 0.0954. The van der Waals surface area contributed by atoms with Gasteiger partial charge in [0.1, 0.15) is 0 Å². The Hall–Kier alpha value is -1.42. The van der Waals surface area contributed by atoms with E-state index in [9.17, 15) is 5.11 Å². The number of benzene rings is 2. The van der Waals surface area contributed by atoms with Crippen LogP contribution in [0.5, 0.6) is 0 Å². The summed E-state index contributed by atoms with van der Waals surface area (Å²) in [5.74, 6) is 0.265. The van der Waals surface area contributed by atoms with Gasteiger partial charge in [-0.1, -0.05) is 87.9 Å². The van der Waals surface area contributed by atoms with Gasteiger partial charge >= 0.3 is 0 Å². The Morgan fingerprint density at radius 3 is 1.84 bits per heavy atom. The number of rotatable bonds is 5. The molecule has 3 rings (SSSR count). The highest BCUT2D eigenvalue weighted by atomic mass is 28.4. The standard InChI is InChI=1S/C22H30O2Si/c1-22(2,3)25(19-12-6-4-7-13-19,20-14-8-5-9-15-20)24-17-18-11-10-16-21(18)23/h4-9,12-15,18,21,23H,10-11,16-17H2,1-3H3/t18-,21+/m0/s1. The summed E-state index contributed by atoms with van der Waals surface area (Å²) in [4.78, 5) is 0. The molecule has 1 aliphatic carbocycles. The molecule has 2 aromatic rings. The minimum absolute atomic E-state index is 0.000731. The van der Waals surface area contributed by atoms with E-state index in [2.05, 4.69) is 81.4 Å². The lowest BCUT2D eigenvalue weighted by Crippen LogP contribution is -2.67. The summed E-state index contributed by atoms with van der Waals surface area (Å²) >= 11 is 0. The van der Waals surface area contributed by atoms with E-state index in [1.54, 1.807) is 0 Å². The van der Waals surface area contributed by atoms with Gasteiger partial charge in [0.2, 0.25) is 0 Å².